The average molecular weight is 237 g/mol. The van der Waals surface area contributed by atoms with Gasteiger partial charge < -0.3 is 10.5 Å². The van der Waals surface area contributed by atoms with Crippen LogP contribution >= 0.6 is 0 Å². The molecule has 1 aromatic rings. The molecule has 0 aliphatic carbocycles. The summed E-state index contributed by atoms with van der Waals surface area (Å²) in [6.45, 7) is 9.08. The maximum Gasteiger partial charge on any atom is 0.216 e. The number of rotatable bonds is 6. The molecule has 4 heteroatoms. The van der Waals surface area contributed by atoms with E-state index in [1.54, 1.807) is 6.33 Å². The molecule has 96 valence electrons. The summed E-state index contributed by atoms with van der Waals surface area (Å²) in [6, 6.07) is 1.98. The molecular formula is C13H23N3O. The molecule has 17 heavy (non-hydrogen) atoms. The summed E-state index contributed by atoms with van der Waals surface area (Å²) in [6.07, 6.45) is 2.53. The van der Waals surface area contributed by atoms with Crippen LogP contribution in [0.5, 0.6) is 5.88 Å². The van der Waals surface area contributed by atoms with E-state index >= 15 is 0 Å². The highest BCUT2D eigenvalue weighted by Gasteiger charge is 2.22. The Labute approximate surface area is 104 Å². The maximum absolute atomic E-state index is 6.02. The molecule has 1 aromatic heterocycles. The van der Waals surface area contributed by atoms with Crippen LogP contribution in [0.1, 0.15) is 45.7 Å². The number of nitrogens with two attached hydrogens (primary N) is 1. The normalized spacial score (nSPS) is 14.7. The first kappa shape index (κ1) is 13.9. The first-order valence-electron chi connectivity index (χ1n) is 6.26. The van der Waals surface area contributed by atoms with E-state index in [1.165, 1.54) is 0 Å². The van der Waals surface area contributed by atoms with Gasteiger partial charge in [0.15, 0.2) is 0 Å². The minimum absolute atomic E-state index is 0.0731. The zero-order chi connectivity index (χ0) is 12.8. The largest absolute Gasteiger partial charge is 0.478 e. The Morgan fingerprint density at radius 3 is 2.53 bits per heavy atom. The lowest BCUT2D eigenvalue weighted by molar-refractivity contribution is 0.302. The van der Waals surface area contributed by atoms with E-state index < -0.39 is 0 Å². The van der Waals surface area contributed by atoms with Crippen molar-refractivity contribution in [3.63, 3.8) is 0 Å². The summed E-state index contributed by atoms with van der Waals surface area (Å²) in [5.74, 6) is 1.33. The molecule has 0 saturated carbocycles. The predicted octanol–water partition coefficient (Wildman–Crippen LogP) is 2.35. The fraction of sp³-hybridized carbons (Fsp3) is 0.692. The summed E-state index contributed by atoms with van der Waals surface area (Å²) in [5.41, 5.74) is 6.99. The molecule has 0 radical (unpaired) electrons. The summed E-state index contributed by atoms with van der Waals surface area (Å²) in [7, 11) is 0. The third-order valence-electron chi connectivity index (χ3n) is 2.74. The van der Waals surface area contributed by atoms with Crippen molar-refractivity contribution < 1.29 is 4.74 Å². The van der Waals surface area contributed by atoms with Gasteiger partial charge in [-0.2, -0.15) is 0 Å². The number of hydrogen-bond acceptors (Lipinski definition) is 4. The summed E-state index contributed by atoms with van der Waals surface area (Å²) in [4.78, 5) is 8.42. The molecule has 1 heterocycles. The fourth-order valence-electron chi connectivity index (χ4n) is 2.04. The Hall–Kier alpha value is -1.16. The van der Waals surface area contributed by atoms with Crippen LogP contribution in [0.2, 0.25) is 0 Å². The van der Waals surface area contributed by atoms with Crippen molar-refractivity contribution in [1.82, 2.24) is 9.97 Å². The van der Waals surface area contributed by atoms with Crippen LogP contribution in [0.4, 0.5) is 0 Å². The van der Waals surface area contributed by atoms with E-state index in [4.69, 9.17) is 10.5 Å². The van der Waals surface area contributed by atoms with Crippen molar-refractivity contribution in [1.29, 1.82) is 0 Å². The topological polar surface area (TPSA) is 61.0 Å². The van der Waals surface area contributed by atoms with Crippen LogP contribution in [0.25, 0.3) is 0 Å². The monoisotopic (exact) mass is 237 g/mol. The molecule has 4 nitrogen and oxygen atoms in total. The van der Waals surface area contributed by atoms with E-state index in [0.717, 1.165) is 12.1 Å². The molecule has 0 spiro atoms. The van der Waals surface area contributed by atoms with Gasteiger partial charge in [0.1, 0.15) is 6.33 Å². The molecular weight excluding hydrogens is 214 g/mol. The quantitative estimate of drug-likeness (QED) is 0.825. The number of hydrogen-bond donors (Lipinski definition) is 1. The van der Waals surface area contributed by atoms with E-state index in [0.29, 0.717) is 18.4 Å². The van der Waals surface area contributed by atoms with Crippen LogP contribution < -0.4 is 10.5 Å². The van der Waals surface area contributed by atoms with E-state index in [-0.39, 0.29) is 12.0 Å². The van der Waals surface area contributed by atoms with Gasteiger partial charge in [0.25, 0.3) is 0 Å². The third-order valence-corrected chi connectivity index (χ3v) is 2.74. The predicted molar refractivity (Wildman–Crippen MR) is 69.0 cm³/mol. The van der Waals surface area contributed by atoms with Crippen molar-refractivity contribution in [2.75, 3.05) is 6.61 Å². The first-order valence-corrected chi connectivity index (χ1v) is 6.26. The van der Waals surface area contributed by atoms with Crippen LogP contribution in [0.3, 0.4) is 0 Å². The molecule has 2 N–H and O–H groups in total. The Morgan fingerprint density at radius 1 is 1.29 bits per heavy atom. The van der Waals surface area contributed by atoms with Crippen LogP contribution in [0.15, 0.2) is 12.4 Å². The van der Waals surface area contributed by atoms with Gasteiger partial charge in [-0.3, -0.25) is 0 Å². The van der Waals surface area contributed by atoms with Gasteiger partial charge in [-0.1, -0.05) is 20.8 Å². The van der Waals surface area contributed by atoms with Gasteiger partial charge >= 0.3 is 0 Å². The van der Waals surface area contributed by atoms with E-state index in [2.05, 4.69) is 30.7 Å². The van der Waals surface area contributed by atoms with Gasteiger partial charge in [0.05, 0.1) is 12.3 Å². The summed E-state index contributed by atoms with van der Waals surface area (Å²) < 4.78 is 5.51. The Kier molecular flexibility index (Phi) is 5.35. The number of ether oxygens (including phenoxy) is 1. The standard InChI is InChI=1S/C13H23N3O/c1-5-6-17-12-7-11(15-8-16-12)13(9(2)3)10(4)14/h7-10,13H,5-6,14H2,1-4H3. The van der Waals surface area contributed by atoms with Crippen molar-refractivity contribution >= 4 is 0 Å². The lowest BCUT2D eigenvalue weighted by Gasteiger charge is -2.24. The lowest BCUT2D eigenvalue weighted by Crippen LogP contribution is -2.29. The second-order valence-corrected chi connectivity index (χ2v) is 4.76. The molecule has 0 bridgehead atoms. The van der Waals surface area contributed by atoms with Crippen molar-refractivity contribution in [3.8, 4) is 5.88 Å². The lowest BCUT2D eigenvalue weighted by atomic mass is 9.87. The maximum atomic E-state index is 6.02. The summed E-state index contributed by atoms with van der Waals surface area (Å²) >= 11 is 0. The minimum Gasteiger partial charge on any atom is -0.478 e. The molecule has 0 aromatic carbocycles. The Morgan fingerprint density at radius 2 is 2.00 bits per heavy atom. The van der Waals surface area contributed by atoms with Crippen molar-refractivity contribution in [2.24, 2.45) is 11.7 Å². The molecule has 0 amide bonds. The molecule has 2 unspecified atom stereocenters. The van der Waals surface area contributed by atoms with Gasteiger partial charge in [-0.25, -0.2) is 9.97 Å². The van der Waals surface area contributed by atoms with Crippen LogP contribution in [-0.2, 0) is 0 Å². The first-order chi connectivity index (χ1) is 8.06. The second kappa shape index (κ2) is 6.55. The zero-order valence-corrected chi connectivity index (χ0v) is 11.2. The second-order valence-electron chi connectivity index (χ2n) is 4.76. The van der Waals surface area contributed by atoms with E-state index in [1.807, 2.05) is 13.0 Å². The zero-order valence-electron chi connectivity index (χ0n) is 11.2. The van der Waals surface area contributed by atoms with Gasteiger partial charge in [-0.15, -0.1) is 0 Å². The third kappa shape index (κ3) is 3.97. The molecule has 0 saturated heterocycles. The van der Waals surface area contributed by atoms with Crippen molar-refractivity contribution in [2.45, 2.75) is 46.1 Å². The molecule has 1 rings (SSSR count). The van der Waals surface area contributed by atoms with Gasteiger partial charge in [0.2, 0.25) is 5.88 Å². The smallest absolute Gasteiger partial charge is 0.216 e. The highest BCUT2D eigenvalue weighted by Crippen LogP contribution is 2.26. The van der Waals surface area contributed by atoms with Gasteiger partial charge in [0, 0.05) is 18.0 Å². The highest BCUT2D eigenvalue weighted by molar-refractivity contribution is 5.19. The molecule has 0 aliphatic rings. The van der Waals surface area contributed by atoms with E-state index in [9.17, 15) is 0 Å². The number of aromatic nitrogens is 2. The molecule has 0 aliphatic heterocycles. The van der Waals surface area contributed by atoms with Crippen molar-refractivity contribution in [3.05, 3.63) is 18.1 Å². The van der Waals surface area contributed by atoms with Crippen LogP contribution in [0, 0.1) is 5.92 Å². The SMILES string of the molecule is CCCOc1cc(C(C(C)C)C(C)N)ncn1. The minimum atomic E-state index is 0.0731. The summed E-state index contributed by atoms with van der Waals surface area (Å²) in [5, 5.41) is 0. The van der Waals surface area contributed by atoms with Gasteiger partial charge in [-0.05, 0) is 19.3 Å². The Bertz CT molecular complexity index is 331. The fourth-order valence-corrected chi connectivity index (χ4v) is 2.04. The molecule has 0 fully saturated rings. The molecule has 2 atom stereocenters. The van der Waals surface area contributed by atoms with Crippen LogP contribution in [-0.4, -0.2) is 22.6 Å². The average Bonchev–Trinajstić information content (AvgIpc) is 2.26. The highest BCUT2D eigenvalue weighted by atomic mass is 16.5. The number of nitrogens with zero attached hydrogens (tertiary/aromatic N) is 2. The Balaban J connectivity index is 2.88.